The van der Waals surface area contributed by atoms with E-state index in [1.54, 1.807) is 0 Å². The number of carbonyl (C=O) groups is 2. The number of aryl methyl sites for hydroxylation is 2. The Morgan fingerprint density at radius 2 is 1.86 bits per heavy atom. The highest BCUT2D eigenvalue weighted by Crippen LogP contribution is 2.16. The molecule has 0 aromatic heterocycles. The third-order valence-electron chi connectivity index (χ3n) is 2.95. The number of benzene rings is 1. The van der Waals surface area contributed by atoms with Gasteiger partial charge >= 0.3 is 11.9 Å². The third kappa shape index (κ3) is 7.06. The minimum Gasteiger partial charge on any atom is -0.468 e. The van der Waals surface area contributed by atoms with Crippen molar-refractivity contribution in [2.75, 3.05) is 14.2 Å². The molecule has 0 aliphatic rings. The molecule has 0 fully saturated rings. The van der Waals surface area contributed by atoms with Crippen molar-refractivity contribution in [3.63, 3.8) is 0 Å². The average Bonchev–Trinajstić information content (AvgIpc) is 2.51. The Bertz CT molecular complexity index is 543. The molecule has 4 nitrogen and oxygen atoms in total. The monoisotopic (exact) mass is 344 g/mol. The molecule has 0 spiro atoms. The Labute approximate surface area is 139 Å². The van der Waals surface area contributed by atoms with E-state index in [0.29, 0.717) is 6.42 Å². The summed E-state index contributed by atoms with van der Waals surface area (Å²) < 4.78 is 8.74. The lowest BCUT2D eigenvalue weighted by Gasteiger charge is -2.12. The maximum atomic E-state index is 11.2. The van der Waals surface area contributed by atoms with E-state index in [-0.39, 0.29) is 5.97 Å². The molecule has 0 amide bonds. The van der Waals surface area contributed by atoms with Crippen LogP contribution in [-0.2, 0) is 25.5 Å². The van der Waals surface area contributed by atoms with Gasteiger partial charge in [-0.05, 0) is 42.3 Å². The van der Waals surface area contributed by atoms with Crippen LogP contribution in [-0.4, -0.2) is 31.5 Å². The fraction of sp³-hybridized carbons (Fsp3) is 0.375. The summed E-state index contributed by atoms with van der Waals surface area (Å²) in [5, 5.41) is 0.519. The van der Waals surface area contributed by atoms with Crippen LogP contribution in [0.25, 0.3) is 0 Å². The minimum atomic E-state index is -0.615. The van der Waals surface area contributed by atoms with Gasteiger partial charge in [0.25, 0.3) is 0 Å². The molecule has 2 unspecified atom stereocenters. The number of halogens is 1. The fourth-order valence-corrected chi connectivity index (χ4v) is 2.16. The van der Waals surface area contributed by atoms with Crippen LogP contribution >= 0.6 is 20.8 Å². The lowest BCUT2D eigenvalue weighted by atomic mass is 10.0. The topological polar surface area (TPSA) is 52.6 Å². The maximum absolute atomic E-state index is 11.2. The SMILES string of the molecule is C=CC(=O)OC.COC(=O)C(Cl)Cc1cc(P)c(C)cc1C. The summed E-state index contributed by atoms with van der Waals surface area (Å²) in [7, 11) is 5.34. The van der Waals surface area contributed by atoms with Gasteiger partial charge in [-0.25, -0.2) is 4.79 Å². The molecule has 1 aromatic rings. The second-order valence-electron chi connectivity index (χ2n) is 4.56. The Kier molecular flexibility index (Phi) is 9.71. The van der Waals surface area contributed by atoms with E-state index in [1.165, 1.54) is 19.8 Å². The van der Waals surface area contributed by atoms with Gasteiger partial charge in [-0.3, -0.25) is 4.79 Å². The van der Waals surface area contributed by atoms with Crippen molar-refractivity contribution in [2.24, 2.45) is 0 Å². The van der Waals surface area contributed by atoms with Gasteiger partial charge < -0.3 is 9.47 Å². The summed E-state index contributed by atoms with van der Waals surface area (Å²) in [6.07, 6.45) is 1.61. The fourth-order valence-electron chi connectivity index (χ4n) is 1.62. The number of esters is 2. The molecule has 0 radical (unpaired) electrons. The first-order chi connectivity index (χ1) is 10.3. The summed E-state index contributed by atoms with van der Waals surface area (Å²) in [6.45, 7) is 7.23. The standard InChI is InChI=1S/C12H16ClO2P.C4H6O2/c1-7-4-8(2)11(16)6-9(7)5-10(13)12(14)15-3;1-3-4(5)6-2/h4,6,10H,5,16H2,1-3H3;3H,1H2,2H3. The lowest BCUT2D eigenvalue weighted by molar-refractivity contribution is -0.140. The van der Waals surface area contributed by atoms with Gasteiger partial charge in [0.1, 0.15) is 5.38 Å². The Balaban J connectivity index is 0.000000626. The first kappa shape index (κ1) is 20.6. The van der Waals surface area contributed by atoms with Gasteiger partial charge in [-0.15, -0.1) is 20.8 Å². The zero-order valence-corrected chi connectivity index (χ0v) is 15.2. The van der Waals surface area contributed by atoms with Gasteiger partial charge in [0, 0.05) is 6.08 Å². The van der Waals surface area contributed by atoms with Gasteiger partial charge in [-0.2, -0.15) is 0 Å². The largest absolute Gasteiger partial charge is 0.468 e. The van der Waals surface area contributed by atoms with E-state index < -0.39 is 11.3 Å². The second kappa shape index (κ2) is 10.4. The Morgan fingerprint density at radius 1 is 1.27 bits per heavy atom. The molecule has 6 heteroatoms. The highest BCUT2D eigenvalue weighted by molar-refractivity contribution is 7.27. The normalized spacial score (nSPS) is 10.8. The molecule has 0 saturated carbocycles. The number of methoxy groups -OCH3 is 2. The van der Waals surface area contributed by atoms with Crippen molar-refractivity contribution < 1.29 is 19.1 Å². The van der Waals surface area contributed by atoms with Crippen molar-refractivity contribution in [3.8, 4) is 0 Å². The van der Waals surface area contributed by atoms with Crippen LogP contribution in [0.4, 0.5) is 0 Å². The molecule has 0 saturated heterocycles. The molecule has 1 aromatic carbocycles. The molecule has 0 N–H and O–H groups in total. The van der Waals surface area contributed by atoms with Crippen molar-refractivity contribution in [2.45, 2.75) is 25.6 Å². The van der Waals surface area contributed by atoms with Crippen molar-refractivity contribution in [1.82, 2.24) is 0 Å². The predicted octanol–water partition coefficient (Wildman–Crippen LogP) is 2.47. The summed E-state index contributed by atoms with van der Waals surface area (Å²) >= 11 is 5.95. The number of ether oxygens (including phenoxy) is 2. The minimum absolute atomic E-state index is 0.382. The van der Waals surface area contributed by atoms with E-state index in [4.69, 9.17) is 11.6 Å². The molecular formula is C16H22ClO4P. The molecule has 122 valence electrons. The summed E-state index contributed by atoms with van der Waals surface area (Å²) in [4.78, 5) is 21.1. The van der Waals surface area contributed by atoms with Crippen LogP contribution in [0.2, 0.25) is 0 Å². The smallest absolute Gasteiger partial charge is 0.329 e. The summed E-state index contributed by atoms with van der Waals surface area (Å²) in [5.74, 6) is -0.776. The van der Waals surface area contributed by atoms with E-state index in [1.807, 2.05) is 13.0 Å². The molecule has 2 atom stereocenters. The highest BCUT2D eigenvalue weighted by Gasteiger charge is 2.17. The first-order valence-electron chi connectivity index (χ1n) is 6.54. The highest BCUT2D eigenvalue weighted by atomic mass is 35.5. The number of alkyl halides is 1. The average molecular weight is 345 g/mol. The molecule has 0 aliphatic heterocycles. The number of rotatable bonds is 4. The second-order valence-corrected chi connectivity index (χ2v) is 5.71. The van der Waals surface area contributed by atoms with E-state index in [0.717, 1.165) is 22.5 Å². The van der Waals surface area contributed by atoms with Crippen LogP contribution in [0, 0.1) is 13.8 Å². The zero-order chi connectivity index (χ0) is 17.3. The van der Waals surface area contributed by atoms with Crippen LogP contribution in [0.15, 0.2) is 24.8 Å². The summed E-state index contributed by atoms with van der Waals surface area (Å²) in [5.41, 5.74) is 3.45. The van der Waals surface area contributed by atoms with E-state index in [9.17, 15) is 9.59 Å². The maximum Gasteiger partial charge on any atom is 0.329 e. The molecular weight excluding hydrogens is 323 g/mol. The number of carbonyl (C=O) groups excluding carboxylic acids is 2. The number of hydrogen-bond donors (Lipinski definition) is 0. The van der Waals surface area contributed by atoms with Gasteiger partial charge in [0.2, 0.25) is 0 Å². The van der Waals surface area contributed by atoms with Crippen LogP contribution in [0.1, 0.15) is 16.7 Å². The molecule has 0 aliphatic carbocycles. The molecule has 0 heterocycles. The third-order valence-corrected chi connectivity index (χ3v) is 3.90. The van der Waals surface area contributed by atoms with E-state index in [2.05, 4.69) is 38.3 Å². The van der Waals surface area contributed by atoms with Crippen LogP contribution in [0.5, 0.6) is 0 Å². The molecule has 22 heavy (non-hydrogen) atoms. The van der Waals surface area contributed by atoms with Gasteiger partial charge in [-0.1, -0.05) is 18.7 Å². The molecule has 1 rings (SSSR count). The van der Waals surface area contributed by atoms with Crippen molar-refractivity contribution in [1.29, 1.82) is 0 Å². The molecule has 0 bridgehead atoms. The quantitative estimate of drug-likeness (QED) is 0.364. The Morgan fingerprint density at radius 3 is 2.27 bits per heavy atom. The van der Waals surface area contributed by atoms with Crippen LogP contribution in [0.3, 0.4) is 0 Å². The predicted molar refractivity (Wildman–Crippen MR) is 92.8 cm³/mol. The lowest BCUT2D eigenvalue weighted by Crippen LogP contribution is -2.19. The van der Waals surface area contributed by atoms with Crippen LogP contribution < -0.4 is 5.30 Å². The first-order valence-corrected chi connectivity index (χ1v) is 7.56. The van der Waals surface area contributed by atoms with Gasteiger partial charge in [0.15, 0.2) is 0 Å². The zero-order valence-electron chi connectivity index (χ0n) is 13.3. The van der Waals surface area contributed by atoms with E-state index >= 15 is 0 Å². The number of hydrogen-bond acceptors (Lipinski definition) is 4. The van der Waals surface area contributed by atoms with Crippen molar-refractivity contribution in [3.05, 3.63) is 41.5 Å². The Hall–Kier alpha value is -1.38. The van der Waals surface area contributed by atoms with Crippen molar-refractivity contribution >= 4 is 38.1 Å². The summed E-state index contributed by atoms with van der Waals surface area (Å²) in [6, 6.07) is 4.15. The van der Waals surface area contributed by atoms with Gasteiger partial charge in [0.05, 0.1) is 14.2 Å².